The number of hydrogen-bond donors (Lipinski definition) is 14. The van der Waals surface area contributed by atoms with E-state index in [1.54, 1.807) is 0 Å². The fraction of sp³-hybridized carbons (Fsp3) is 0.949. The molecule has 5 saturated heterocycles. The van der Waals surface area contributed by atoms with E-state index in [9.17, 15) is 71.5 Å². The van der Waals surface area contributed by atoms with Crippen molar-refractivity contribution in [3.05, 3.63) is 11.6 Å². The number of rotatable bonds is 12. The summed E-state index contributed by atoms with van der Waals surface area (Å²) >= 11 is 0. The number of aliphatic hydroxyl groups is 14. The minimum Gasteiger partial charge on any atom is -0.432 e. The zero-order valence-electron chi connectivity index (χ0n) is 49.7. The van der Waals surface area contributed by atoms with E-state index in [4.69, 9.17) is 47.4 Å². The van der Waals surface area contributed by atoms with E-state index in [1.807, 2.05) is 0 Å². The average Bonchev–Trinajstić information content (AvgIpc) is 0.731. The summed E-state index contributed by atoms with van der Waals surface area (Å²) in [4.78, 5) is 15.4. The van der Waals surface area contributed by atoms with Crippen molar-refractivity contribution in [3.8, 4) is 0 Å². The summed E-state index contributed by atoms with van der Waals surface area (Å²) < 4.78 is 61.4. The lowest BCUT2D eigenvalue weighted by molar-refractivity contribution is -0.388. The van der Waals surface area contributed by atoms with Crippen LogP contribution in [-0.2, 0) is 52.2 Å². The van der Waals surface area contributed by atoms with Gasteiger partial charge in [-0.1, -0.05) is 60.1 Å². The molecule has 2 unspecified atom stereocenters. The van der Waals surface area contributed by atoms with Crippen LogP contribution < -0.4 is 0 Å². The minimum atomic E-state index is -1.85. The van der Waals surface area contributed by atoms with E-state index in [0.717, 1.165) is 25.7 Å². The average molecular weight is 1210 g/mol. The van der Waals surface area contributed by atoms with Crippen LogP contribution in [0.5, 0.6) is 0 Å². The van der Waals surface area contributed by atoms with Crippen LogP contribution in [-0.4, -0.2) is 251 Å². The maximum Gasteiger partial charge on any atom is 0.315 e. The van der Waals surface area contributed by atoms with E-state index < -0.39 is 184 Å². The summed E-state index contributed by atoms with van der Waals surface area (Å²) in [6, 6.07) is 0. The van der Waals surface area contributed by atoms with Crippen LogP contribution >= 0.6 is 0 Å². The number of fused-ring (bicyclic) bond motifs is 7. The van der Waals surface area contributed by atoms with E-state index in [1.165, 1.54) is 19.4 Å². The molecule has 0 aromatic heterocycles. The molecule has 0 spiro atoms. The fourth-order valence-corrected chi connectivity index (χ4v) is 17.6. The predicted octanol–water partition coefficient (Wildman–Crippen LogP) is -1.52. The normalized spacial score (nSPS) is 54.6. The van der Waals surface area contributed by atoms with Gasteiger partial charge in [-0.3, -0.25) is 4.79 Å². The van der Waals surface area contributed by atoms with Crippen molar-refractivity contribution in [1.29, 1.82) is 0 Å². The maximum absolute atomic E-state index is 15.4. The van der Waals surface area contributed by atoms with Crippen molar-refractivity contribution in [2.45, 2.75) is 280 Å². The molecule has 9 fully saturated rings. The highest BCUT2D eigenvalue weighted by atomic mass is 16.8. The molecule has 0 bridgehead atoms. The van der Waals surface area contributed by atoms with E-state index >= 15 is 4.79 Å². The molecule has 84 heavy (non-hydrogen) atoms. The van der Waals surface area contributed by atoms with Crippen molar-refractivity contribution >= 4 is 5.97 Å². The summed E-state index contributed by atoms with van der Waals surface area (Å²) in [7, 11) is 0. The predicted molar refractivity (Wildman–Crippen MR) is 287 cm³/mol. The van der Waals surface area contributed by atoms with E-state index in [-0.39, 0.29) is 46.0 Å². The van der Waals surface area contributed by atoms with Gasteiger partial charge in [-0.25, -0.2) is 0 Å². The van der Waals surface area contributed by atoms with E-state index in [2.05, 4.69) is 54.5 Å². The molecule has 0 aromatic rings. The SMILES string of the molecule is C[C@@H]1O[C@@H](O[C@H]2[C@H](OC(=O)[C@]34CCC(C)(C)C[C@H]3C3=CCC5[C@@]6(C)CC[C@H](O[C@@H]7OC[C@H](O)[C@H](O[C@@H]8O[C@H](CO)[C@@H](O)[C@H](O)[C@H]8O)[C@H]7O[C@@H]7O[C@@H](C)[C@H](O)[C@@H](O)[C@H]7O)C(C)(C)C6CC[C@@]5(C)[C@]3(C)CC4)O[C@H](CO)[C@@H](O)[C@@H]2O)[C@H](O)[C@H](O)[C@H]1O. The number of carbonyl (C=O) groups is 1. The first-order chi connectivity index (χ1) is 39.3. The third-order valence-electron chi connectivity index (χ3n) is 23.1. The third kappa shape index (κ3) is 10.8. The van der Waals surface area contributed by atoms with Crippen LogP contribution in [0.3, 0.4) is 0 Å². The molecule has 10 aliphatic rings. The second kappa shape index (κ2) is 23.8. The van der Waals surface area contributed by atoms with Gasteiger partial charge in [0.1, 0.15) is 97.7 Å². The molecular formula is C59H96O25. The van der Waals surface area contributed by atoms with Crippen molar-refractivity contribution < 1.29 is 124 Å². The second-order valence-electron chi connectivity index (χ2n) is 28.6. The summed E-state index contributed by atoms with van der Waals surface area (Å²) in [5, 5.41) is 151. The molecule has 5 aliphatic heterocycles. The molecule has 14 N–H and O–H groups in total. The summed E-state index contributed by atoms with van der Waals surface area (Å²) in [5.74, 6) is -0.585. The first kappa shape index (κ1) is 65.2. The lowest BCUT2D eigenvalue weighted by atomic mass is 9.33. The van der Waals surface area contributed by atoms with Gasteiger partial charge in [-0.05, 0) is 123 Å². The zero-order valence-corrected chi connectivity index (χ0v) is 49.7. The maximum atomic E-state index is 15.4. The molecule has 0 amide bonds. The first-order valence-corrected chi connectivity index (χ1v) is 30.5. The Hall–Kier alpha value is -1.71. The molecule has 0 aromatic carbocycles. The molecule has 0 radical (unpaired) electrons. The molecule has 5 aliphatic carbocycles. The number of hydrogen-bond acceptors (Lipinski definition) is 25. The van der Waals surface area contributed by atoms with Gasteiger partial charge >= 0.3 is 5.97 Å². The van der Waals surface area contributed by atoms with Gasteiger partial charge in [-0.2, -0.15) is 0 Å². The molecule has 482 valence electrons. The van der Waals surface area contributed by atoms with Crippen LogP contribution in [0.25, 0.3) is 0 Å². The van der Waals surface area contributed by atoms with Crippen molar-refractivity contribution in [2.24, 2.45) is 50.2 Å². The largest absolute Gasteiger partial charge is 0.432 e. The number of ether oxygens (including phenoxy) is 10. The molecule has 25 nitrogen and oxygen atoms in total. The number of aliphatic hydroxyl groups excluding tert-OH is 14. The van der Waals surface area contributed by atoms with Gasteiger partial charge in [0.05, 0.1) is 43.5 Å². The monoisotopic (exact) mass is 1200 g/mol. The Balaban J connectivity index is 0.903. The summed E-state index contributed by atoms with van der Waals surface area (Å²) in [6.45, 7) is 17.0. The van der Waals surface area contributed by atoms with Gasteiger partial charge in [0.2, 0.25) is 6.29 Å². The number of esters is 1. The zero-order chi connectivity index (χ0) is 61.3. The van der Waals surface area contributed by atoms with Crippen LogP contribution in [0, 0.1) is 50.2 Å². The number of carbonyl (C=O) groups excluding carboxylic acids is 1. The lowest BCUT2D eigenvalue weighted by Crippen LogP contribution is -2.67. The summed E-state index contributed by atoms with van der Waals surface area (Å²) in [6.07, 6.45) is -29.0. The van der Waals surface area contributed by atoms with Crippen LogP contribution in [0.15, 0.2) is 11.6 Å². The lowest BCUT2D eigenvalue weighted by Gasteiger charge is -2.71. The van der Waals surface area contributed by atoms with Crippen LogP contribution in [0.4, 0.5) is 0 Å². The Morgan fingerprint density at radius 1 is 0.536 bits per heavy atom. The third-order valence-corrected chi connectivity index (χ3v) is 23.1. The van der Waals surface area contributed by atoms with Crippen LogP contribution in [0.1, 0.15) is 127 Å². The molecule has 10 rings (SSSR count). The van der Waals surface area contributed by atoms with Crippen molar-refractivity contribution in [1.82, 2.24) is 0 Å². The first-order valence-electron chi connectivity index (χ1n) is 30.5. The Labute approximate surface area is 490 Å². The van der Waals surface area contributed by atoms with Gasteiger partial charge in [-0.15, -0.1) is 0 Å². The Morgan fingerprint density at radius 2 is 1.06 bits per heavy atom. The molecule has 25 heteroatoms. The number of allylic oxidation sites excluding steroid dienone is 2. The van der Waals surface area contributed by atoms with Gasteiger partial charge in [0.25, 0.3) is 0 Å². The van der Waals surface area contributed by atoms with Crippen molar-refractivity contribution in [3.63, 3.8) is 0 Å². The Bertz CT molecular complexity index is 2340. The molecule has 5 heterocycles. The molecule has 4 saturated carbocycles. The topological polar surface area (TPSA) is 393 Å². The highest BCUT2D eigenvalue weighted by Crippen LogP contribution is 2.76. The van der Waals surface area contributed by atoms with Crippen molar-refractivity contribution in [2.75, 3.05) is 19.8 Å². The van der Waals surface area contributed by atoms with E-state index in [0.29, 0.717) is 38.5 Å². The smallest absolute Gasteiger partial charge is 0.315 e. The van der Waals surface area contributed by atoms with Gasteiger partial charge in [0.15, 0.2) is 31.3 Å². The Kier molecular flexibility index (Phi) is 18.5. The van der Waals surface area contributed by atoms with Gasteiger partial charge < -0.3 is 119 Å². The minimum absolute atomic E-state index is 0.0845. The Morgan fingerprint density at radius 3 is 1.65 bits per heavy atom. The standard InChI is InChI=1S/C59H96O25/c1-24-34(63)38(67)42(71)48(76-24)82-46-41(70)37(66)30(22-61)79-52(46)84-53(74)59-18-16-54(3,4)20-27(59)26-10-11-32-56(7)14-13-33(55(5,6)31(56)12-15-58(32,9)57(26,8)17-19-59)80-51-47(83-49-43(72)39(68)35(64)25(2)77-49)45(28(62)23-75-51)81-50-44(73)40(69)36(65)29(21-60)78-50/h10,24-25,27-52,60-73H,11-23H2,1-9H3/t24-,25-,27-,28-,29+,30+,31?,32?,33-,34-,35-,36+,37+,38+,39+,40-,41-,42+,43+,44+,45-,46+,47+,48-,49-,50-,51-,52-,56-,57+,58+,59-/m0/s1. The second-order valence-corrected chi connectivity index (χ2v) is 28.6. The molecular weight excluding hydrogens is 1110 g/mol. The summed E-state index contributed by atoms with van der Waals surface area (Å²) in [5.41, 5.74) is -1.42. The highest BCUT2D eigenvalue weighted by Gasteiger charge is 2.70. The highest BCUT2D eigenvalue weighted by molar-refractivity contribution is 5.79. The molecule has 32 atom stereocenters. The quantitative estimate of drug-likeness (QED) is 0.0600. The van der Waals surface area contributed by atoms with Crippen LogP contribution in [0.2, 0.25) is 0 Å². The van der Waals surface area contributed by atoms with Gasteiger partial charge in [0, 0.05) is 0 Å². The fourth-order valence-electron chi connectivity index (χ4n) is 17.6.